The van der Waals surface area contributed by atoms with Gasteiger partial charge in [0, 0.05) is 0 Å². The van der Waals surface area contributed by atoms with Gasteiger partial charge in [0.15, 0.2) is 0 Å². The average Bonchev–Trinajstić information content (AvgIpc) is 2.89. The minimum absolute atomic E-state index is 1.44. The van der Waals surface area contributed by atoms with E-state index >= 15 is 0 Å². The molecule has 2 aromatic heterocycles. The Balaban J connectivity index is 1.37. The first-order valence-corrected chi connectivity index (χ1v) is 4.45. The Kier molecular flexibility index (Phi) is 2.71. The van der Waals surface area contributed by atoms with Crippen LogP contribution in [0.4, 0.5) is 0 Å². The predicted molar refractivity (Wildman–Crippen MR) is 24.9 cm³/mol. The summed E-state index contributed by atoms with van der Waals surface area (Å²) >= 11 is 0. The average molecular weight is 222 g/mol. The Morgan fingerprint density at radius 3 is 1.33 bits per heavy atom. The maximum absolute atomic E-state index is 4.16. The molecule has 0 saturated carbocycles. The van der Waals surface area contributed by atoms with Gasteiger partial charge in [-0.05, 0) is 20.2 Å². The monoisotopic (exact) mass is 222 g/mol. The van der Waals surface area contributed by atoms with Crippen LogP contribution in [0.2, 0.25) is 0 Å². The van der Waals surface area contributed by atoms with Crippen LogP contribution in [0.25, 0.3) is 0 Å². The molecule has 2 aromatic rings. The Morgan fingerprint density at radius 1 is 0.583 bits per heavy atom. The zero-order valence-corrected chi connectivity index (χ0v) is 6.77. The van der Waals surface area contributed by atoms with Gasteiger partial charge in [-0.1, -0.05) is 9.35 Å². The highest BCUT2D eigenvalue weighted by molar-refractivity contribution is 7.33. The summed E-state index contributed by atoms with van der Waals surface area (Å²) in [7, 11) is -2.88. The lowest BCUT2D eigenvalue weighted by molar-refractivity contribution is -0.721. The van der Waals surface area contributed by atoms with Crippen LogP contribution in [-0.2, 0) is 20.2 Å². The molecule has 0 saturated heterocycles. The molecule has 12 heavy (non-hydrogen) atoms. The third-order valence-electron chi connectivity index (χ3n) is 0.537. The topological polar surface area (TPSA) is 108 Å². The molecule has 0 N–H and O–H groups in total. The molecule has 2 rings (SSSR count). The maximum Gasteiger partial charge on any atom is 0.498 e. The summed E-state index contributed by atoms with van der Waals surface area (Å²) in [5.74, 6) is 0. The summed E-state index contributed by atoms with van der Waals surface area (Å²) in [6, 6.07) is 0. The predicted octanol–water partition coefficient (Wildman–Crippen LogP) is 1.23. The molecule has 0 unspecified atom stereocenters. The third-order valence-corrected chi connectivity index (χ3v) is 1.44. The van der Waals surface area contributed by atoms with Crippen molar-refractivity contribution in [2.75, 3.05) is 0 Å². The van der Waals surface area contributed by atoms with E-state index in [4.69, 9.17) is 0 Å². The Bertz CT molecular complexity index is 214. The van der Waals surface area contributed by atoms with Gasteiger partial charge in [0.25, 0.3) is 0 Å². The second kappa shape index (κ2) is 3.99. The fourth-order valence-electron chi connectivity index (χ4n) is 0.174. The van der Waals surface area contributed by atoms with Gasteiger partial charge in [-0.2, -0.15) is 0 Å². The lowest BCUT2D eigenvalue weighted by atomic mass is 14.2. The summed E-state index contributed by atoms with van der Waals surface area (Å²) in [6.45, 7) is 0. The molecule has 2 heterocycles. The van der Waals surface area contributed by atoms with Crippen LogP contribution >= 0.6 is 16.5 Å². The molecule has 0 radical (unpaired) electrons. The SMILES string of the molecule is O(OOOp1oo1)OOp1oo1. The van der Waals surface area contributed by atoms with E-state index in [1.807, 2.05) is 0 Å². The van der Waals surface area contributed by atoms with Gasteiger partial charge in [-0.25, -0.2) is 17.4 Å². The third kappa shape index (κ3) is 3.30. The van der Waals surface area contributed by atoms with Gasteiger partial charge in [0.05, 0.1) is 0 Å². The van der Waals surface area contributed by atoms with Crippen LogP contribution in [0, 0.1) is 0 Å². The van der Waals surface area contributed by atoms with Crippen molar-refractivity contribution in [1.29, 1.82) is 0 Å². The standard InChI is InChI=1S/O10P2/c1(3-5-11-7-8-11)2-4-6-12-9-10-12. The first-order chi connectivity index (χ1) is 5.95. The Morgan fingerprint density at radius 2 is 1.00 bits per heavy atom. The lowest BCUT2D eigenvalue weighted by Crippen LogP contribution is -2.00. The van der Waals surface area contributed by atoms with Gasteiger partial charge in [0.2, 0.25) is 0 Å². The summed E-state index contributed by atoms with van der Waals surface area (Å²) in [4.78, 5) is 0. The Hall–Kier alpha value is -0.440. The van der Waals surface area contributed by atoms with Gasteiger partial charge in [-0.3, -0.25) is 0 Å². The minimum Gasteiger partial charge on any atom is -0.201 e. The van der Waals surface area contributed by atoms with E-state index in [2.05, 4.69) is 46.9 Å². The summed E-state index contributed by atoms with van der Waals surface area (Å²) in [6.07, 6.45) is 0. The molecule has 0 aliphatic carbocycles. The second-order valence-corrected chi connectivity index (χ2v) is 2.96. The van der Waals surface area contributed by atoms with E-state index in [1.54, 1.807) is 0 Å². The van der Waals surface area contributed by atoms with Crippen molar-refractivity contribution in [3.8, 4) is 0 Å². The van der Waals surface area contributed by atoms with E-state index in [0.717, 1.165) is 0 Å². The highest BCUT2D eigenvalue weighted by Gasteiger charge is 2.12. The molecule has 0 aliphatic rings. The number of hydrogen-bond acceptors (Lipinski definition) is 10. The summed E-state index contributed by atoms with van der Waals surface area (Å²) in [5.41, 5.74) is 0. The molecule has 0 spiro atoms. The molecular formula is O10P2. The van der Waals surface area contributed by atoms with Crippen LogP contribution in [0.3, 0.4) is 0 Å². The van der Waals surface area contributed by atoms with Crippen molar-refractivity contribution in [1.82, 2.24) is 0 Å². The van der Waals surface area contributed by atoms with E-state index < -0.39 is 16.5 Å². The van der Waals surface area contributed by atoms with Crippen LogP contribution in [0.5, 0.6) is 0 Å². The van der Waals surface area contributed by atoms with Crippen molar-refractivity contribution in [2.45, 2.75) is 0 Å². The van der Waals surface area contributed by atoms with Gasteiger partial charge >= 0.3 is 16.5 Å². The molecule has 0 aliphatic heterocycles. The molecular weight excluding hydrogens is 222 g/mol. The van der Waals surface area contributed by atoms with Crippen molar-refractivity contribution >= 4 is 16.5 Å². The molecule has 12 heteroatoms. The van der Waals surface area contributed by atoms with Crippen LogP contribution in [-0.4, -0.2) is 0 Å². The molecule has 0 atom stereocenters. The molecule has 0 fully saturated rings. The van der Waals surface area contributed by atoms with Crippen molar-refractivity contribution in [3.63, 3.8) is 0 Å². The smallest absolute Gasteiger partial charge is 0.201 e. The minimum atomic E-state index is -1.44. The van der Waals surface area contributed by atoms with Crippen molar-refractivity contribution in [2.24, 2.45) is 0 Å². The molecule has 0 bridgehead atoms. The lowest BCUT2D eigenvalue weighted by Gasteiger charge is -1.90. The van der Waals surface area contributed by atoms with E-state index in [9.17, 15) is 0 Å². The van der Waals surface area contributed by atoms with Crippen LogP contribution < -0.4 is 9.35 Å². The normalized spacial score (nSPS) is 11.7. The number of hydrogen-bond donors (Lipinski definition) is 0. The second-order valence-electron chi connectivity index (χ2n) is 1.17. The highest BCUT2D eigenvalue weighted by atomic mass is 31.1. The van der Waals surface area contributed by atoms with E-state index in [0.29, 0.717) is 0 Å². The van der Waals surface area contributed by atoms with Crippen molar-refractivity contribution in [3.05, 3.63) is 0 Å². The van der Waals surface area contributed by atoms with E-state index in [-0.39, 0.29) is 0 Å². The highest BCUT2D eigenvalue weighted by Crippen LogP contribution is 2.33. The molecule has 0 aromatic carbocycles. The zero-order valence-electron chi connectivity index (χ0n) is 4.98. The Labute approximate surface area is 64.5 Å². The fourth-order valence-corrected chi connectivity index (χ4v) is 0.640. The fraction of sp³-hybridized carbons (Fsp3) is 0. The van der Waals surface area contributed by atoms with Crippen LogP contribution in [0.15, 0.2) is 17.4 Å². The zero-order chi connectivity index (χ0) is 8.23. The first kappa shape index (κ1) is 8.17. The number of rotatable bonds is 7. The van der Waals surface area contributed by atoms with Gasteiger partial charge in [-0.15, -0.1) is 0 Å². The summed E-state index contributed by atoms with van der Waals surface area (Å²) < 4.78 is 24.9. The van der Waals surface area contributed by atoms with E-state index in [1.165, 1.54) is 0 Å². The quantitative estimate of drug-likeness (QED) is 0.385. The van der Waals surface area contributed by atoms with Gasteiger partial charge in [0.1, 0.15) is 0 Å². The molecule has 70 valence electrons. The van der Waals surface area contributed by atoms with Gasteiger partial charge < -0.3 is 0 Å². The molecule has 0 amide bonds. The van der Waals surface area contributed by atoms with Crippen molar-refractivity contribution < 1.29 is 46.9 Å². The first-order valence-electron chi connectivity index (χ1n) is 2.26. The molecule has 10 nitrogen and oxygen atoms in total. The van der Waals surface area contributed by atoms with Crippen LogP contribution in [0.1, 0.15) is 0 Å². The maximum atomic E-state index is 4.16. The summed E-state index contributed by atoms with van der Waals surface area (Å²) in [5, 5.41) is 15.2. The largest absolute Gasteiger partial charge is 0.498 e.